The van der Waals surface area contributed by atoms with Crippen molar-refractivity contribution in [2.24, 2.45) is 0 Å². The van der Waals surface area contributed by atoms with E-state index in [1.54, 1.807) is 0 Å². The van der Waals surface area contributed by atoms with E-state index in [-0.39, 0.29) is 0 Å². The Morgan fingerprint density at radius 3 is 2.57 bits per heavy atom. The highest BCUT2D eigenvalue weighted by atomic mass is 31.2. The zero-order chi connectivity index (χ0) is 5.70. The minimum atomic E-state index is -1.66. The van der Waals surface area contributed by atoms with Crippen molar-refractivity contribution in [1.29, 1.82) is 0 Å². The van der Waals surface area contributed by atoms with E-state index in [0.717, 1.165) is 5.96 Å². The van der Waals surface area contributed by atoms with Crippen LogP contribution < -0.4 is 5.41 Å². The lowest BCUT2D eigenvalue weighted by Gasteiger charge is -1.93. The fourth-order valence-corrected chi connectivity index (χ4v) is 0.650. The van der Waals surface area contributed by atoms with E-state index in [9.17, 15) is 0 Å². The summed E-state index contributed by atoms with van der Waals surface area (Å²) in [6.45, 7) is 0. The molecule has 4 N–H and O–H groups in total. The molecule has 0 radical (unpaired) electrons. The predicted octanol–water partition coefficient (Wildman–Crippen LogP) is -1.40. The Morgan fingerprint density at radius 2 is 2.43 bits per heavy atom. The molecule has 0 saturated heterocycles. The van der Waals surface area contributed by atoms with Gasteiger partial charge in [-0.25, -0.2) is 0 Å². The zero-order valence-corrected chi connectivity index (χ0v) is 5.30. The fourth-order valence-electron chi connectivity index (χ4n) is 0.0723. The minimum Gasteiger partial charge on any atom is -0.352 e. The molecule has 2 atom stereocenters. The largest absolute Gasteiger partial charge is 0.352 e. The summed E-state index contributed by atoms with van der Waals surface area (Å²) in [4.78, 5) is 16.3. The molecule has 6 heteroatoms. The molecular weight excluding hydrogens is 136 g/mol. The number of nitrogens with two attached hydrogens (primary N) is 1. The van der Waals surface area contributed by atoms with Gasteiger partial charge in [0.15, 0.2) is 9.03 Å². The summed E-state index contributed by atoms with van der Waals surface area (Å²) >= 11 is 0. The summed E-state index contributed by atoms with van der Waals surface area (Å²) < 4.78 is 4.21. The van der Waals surface area contributed by atoms with Crippen LogP contribution in [-0.4, -0.2) is 15.7 Å². The predicted molar refractivity (Wildman–Crippen MR) is 28.7 cm³/mol. The van der Waals surface area contributed by atoms with Gasteiger partial charge in [0.25, 0.3) is 8.38 Å². The topological polar surface area (TPSA) is 75.3 Å². The Labute approximate surface area is 43.9 Å². The van der Waals surface area contributed by atoms with Gasteiger partial charge in [-0.3, -0.25) is 9.72 Å². The summed E-state index contributed by atoms with van der Waals surface area (Å²) in [6, 6.07) is 0. The van der Waals surface area contributed by atoms with Crippen LogP contribution in [0, 0.1) is 0 Å². The maximum absolute atomic E-state index is 8.37. The highest BCUT2D eigenvalue weighted by molar-refractivity contribution is 7.66. The maximum Gasteiger partial charge on any atom is 0.268 e. The first-order chi connectivity index (χ1) is 3.31. The lowest BCUT2D eigenvalue weighted by Crippen LogP contribution is -2.28. The Hall–Kier alpha value is 0.410. The van der Waals surface area contributed by atoms with Gasteiger partial charge >= 0.3 is 0 Å². The second-order valence-corrected chi connectivity index (χ2v) is 2.45. The van der Waals surface area contributed by atoms with Crippen molar-refractivity contribution in [3.63, 3.8) is 0 Å². The molecule has 0 aliphatic rings. The quantitative estimate of drug-likeness (QED) is 0.335. The molecule has 0 aromatic heterocycles. The van der Waals surface area contributed by atoms with Gasteiger partial charge in [0.05, 0.1) is 0 Å². The van der Waals surface area contributed by atoms with Gasteiger partial charge in [0.2, 0.25) is 5.96 Å². The van der Waals surface area contributed by atoms with Crippen LogP contribution in [0.4, 0.5) is 0 Å². The minimum absolute atomic E-state index is 0.688. The molecule has 0 saturated carbocycles. The van der Waals surface area contributed by atoms with Gasteiger partial charge in [-0.05, 0) is 0 Å². The third-order valence-electron chi connectivity index (χ3n) is 0.262. The molecule has 0 aromatic carbocycles. The van der Waals surface area contributed by atoms with Crippen molar-refractivity contribution in [1.82, 2.24) is 0 Å². The van der Waals surface area contributed by atoms with E-state index >= 15 is 0 Å². The Kier molecular flexibility index (Phi) is 4.83. The van der Waals surface area contributed by atoms with Crippen LogP contribution in [0.15, 0.2) is 0 Å². The molecule has 2 unspecified atom stereocenters. The van der Waals surface area contributed by atoms with Crippen molar-refractivity contribution in [3.05, 3.63) is 0 Å². The van der Waals surface area contributed by atoms with Crippen molar-refractivity contribution >= 4 is 23.4 Å². The van der Waals surface area contributed by atoms with E-state index < -0.39 is 17.4 Å². The average Bonchev–Trinajstić information content (AvgIpc) is 1.68. The molecule has 0 aliphatic carbocycles. The third kappa shape index (κ3) is 4.26. The SMILES string of the molecule is [NH2+]=CP(O)OPO. The molecule has 0 bridgehead atoms. The maximum atomic E-state index is 8.37. The smallest absolute Gasteiger partial charge is 0.268 e. The highest BCUT2D eigenvalue weighted by Gasteiger charge is 1.99. The molecule has 4 nitrogen and oxygen atoms in total. The van der Waals surface area contributed by atoms with Crippen LogP contribution >= 0.6 is 17.4 Å². The molecule has 0 amide bonds. The monoisotopic (exact) mass is 142 g/mol. The van der Waals surface area contributed by atoms with Crippen LogP contribution in [0.25, 0.3) is 0 Å². The standard InChI is InChI=1S/CH5NO3P2/c2-1-7(4)5-6-3/h1-4,6H/p+1. The van der Waals surface area contributed by atoms with Gasteiger partial charge in [0, 0.05) is 0 Å². The van der Waals surface area contributed by atoms with Crippen molar-refractivity contribution < 1.29 is 19.5 Å². The molecular formula is CH6NO3P2+. The lowest BCUT2D eigenvalue weighted by molar-refractivity contribution is -0.102. The van der Waals surface area contributed by atoms with E-state index in [1.165, 1.54) is 0 Å². The third-order valence-corrected chi connectivity index (χ3v) is 1.59. The summed E-state index contributed by atoms with van der Waals surface area (Å²) in [6.07, 6.45) is 0. The first-order valence-electron chi connectivity index (χ1n) is 1.40. The molecule has 42 valence electrons. The molecule has 0 heterocycles. The van der Waals surface area contributed by atoms with E-state index in [1.807, 2.05) is 0 Å². The fraction of sp³-hybridized carbons (Fsp3) is 0. The Morgan fingerprint density at radius 1 is 1.86 bits per heavy atom. The van der Waals surface area contributed by atoms with E-state index in [0.29, 0.717) is 0 Å². The molecule has 0 aromatic rings. The van der Waals surface area contributed by atoms with Crippen LogP contribution in [0.5, 0.6) is 0 Å². The van der Waals surface area contributed by atoms with Crippen molar-refractivity contribution in [2.45, 2.75) is 0 Å². The molecule has 0 fully saturated rings. The molecule has 0 spiro atoms. The number of hydrogen-bond donors (Lipinski definition) is 3. The van der Waals surface area contributed by atoms with Gasteiger partial charge in [-0.15, -0.1) is 0 Å². The molecule has 0 rings (SSSR count). The van der Waals surface area contributed by atoms with Crippen molar-refractivity contribution in [2.75, 3.05) is 0 Å². The summed E-state index contributed by atoms with van der Waals surface area (Å²) in [7, 11) is -2.35. The summed E-state index contributed by atoms with van der Waals surface area (Å²) in [5.41, 5.74) is 0. The Balaban J connectivity index is 2.98. The average molecular weight is 142 g/mol. The normalized spacial score (nSPS) is 15.1. The number of rotatable bonds is 3. The summed E-state index contributed by atoms with van der Waals surface area (Å²) in [5, 5.41) is 4.78. The van der Waals surface area contributed by atoms with Gasteiger partial charge < -0.3 is 9.79 Å². The number of hydrogen-bond acceptors (Lipinski definition) is 3. The van der Waals surface area contributed by atoms with Crippen LogP contribution in [-0.2, 0) is 4.31 Å². The second-order valence-electron chi connectivity index (χ2n) is 0.634. The highest BCUT2D eigenvalue weighted by Crippen LogP contribution is 2.33. The first-order valence-corrected chi connectivity index (χ1v) is 3.54. The molecule has 7 heavy (non-hydrogen) atoms. The van der Waals surface area contributed by atoms with E-state index in [2.05, 4.69) is 4.31 Å². The van der Waals surface area contributed by atoms with Crippen LogP contribution in [0.3, 0.4) is 0 Å². The lowest BCUT2D eigenvalue weighted by atomic mass is 11.7. The van der Waals surface area contributed by atoms with Gasteiger partial charge in [-0.1, -0.05) is 0 Å². The van der Waals surface area contributed by atoms with E-state index in [4.69, 9.17) is 15.2 Å². The van der Waals surface area contributed by atoms with Crippen LogP contribution in [0.2, 0.25) is 0 Å². The Bertz CT molecular complexity index is 58.9. The van der Waals surface area contributed by atoms with Crippen molar-refractivity contribution in [3.8, 4) is 0 Å². The summed E-state index contributed by atoms with van der Waals surface area (Å²) in [5.74, 6) is 0.999. The second kappa shape index (κ2) is 4.57. The van der Waals surface area contributed by atoms with Crippen LogP contribution in [0.1, 0.15) is 0 Å². The zero-order valence-electron chi connectivity index (χ0n) is 3.40. The first kappa shape index (κ1) is 7.41. The molecule has 0 aliphatic heterocycles. The van der Waals surface area contributed by atoms with Gasteiger partial charge in [0.1, 0.15) is 0 Å². The van der Waals surface area contributed by atoms with Gasteiger partial charge in [-0.2, -0.15) is 0 Å².